The van der Waals surface area contributed by atoms with Crippen LogP contribution in [0.15, 0.2) is 12.1 Å². The Morgan fingerprint density at radius 3 is 2.00 bits per heavy atom. The summed E-state index contributed by atoms with van der Waals surface area (Å²) in [5.41, 5.74) is 6.25. The number of ether oxygens (including phenoxy) is 2. The number of methoxy groups -OCH3 is 2. The molecule has 0 unspecified atom stereocenters. The largest absolute Gasteiger partial charge is 0.508 e. The van der Waals surface area contributed by atoms with Gasteiger partial charge in [0.25, 0.3) is 0 Å². The molecule has 1 atom stereocenters. The lowest BCUT2D eigenvalue weighted by Crippen LogP contribution is -2.16. The monoisotopic (exact) mass is 249 g/mol. The van der Waals surface area contributed by atoms with Crippen molar-refractivity contribution in [1.82, 2.24) is 0 Å². The fourth-order valence-corrected chi connectivity index (χ4v) is 1.38. The minimum atomic E-state index is -0.601. The van der Waals surface area contributed by atoms with Crippen molar-refractivity contribution in [1.29, 1.82) is 0 Å². The molecule has 0 aliphatic heterocycles. The van der Waals surface area contributed by atoms with Crippen molar-refractivity contribution >= 4 is 12.4 Å². The third-order valence-corrected chi connectivity index (χ3v) is 2.10. The minimum absolute atomic E-state index is 0. The lowest BCUT2D eigenvalue weighted by Gasteiger charge is -2.17. The Hall–Kier alpha value is -1.17. The zero-order valence-corrected chi connectivity index (χ0v) is 9.95. The molecule has 0 spiro atoms. The average molecular weight is 250 g/mol. The number of hydrogen-bond donors (Lipinski definition) is 3. The van der Waals surface area contributed by atoms with Crippen LogP contribution in [0.25, 0.3) is 0 Å². The predicted molar refractivity (Wildman–Crippen MR) is 62.5 cm³/mol. The van der Waals surface area contributed by atoms with Crippen LogP contribution in [0.3, 0.4) is 0 Å². The molecule has 6 heteroatoms. The summed E-state index contributed by atoms with van der Waals surface area (Å²) in [7, 11) is 2.92. The van der Waals surface area contributed by atoms with E-state index >= 15 is 0 Å². The predicted octanol–water partition coefficient (Wildman–Crippen LogP) is 0.823. The zero-order chi connectivity index (χ0) is 11.4. The molecular weight excluding hydrogens is 234 g/mol. The maximum Gasteiger partial charge on any atom is 0.131 e. The highest BCUT2D eigenvalue weighted by Crippen LogP contribution is 2.36. The van der Waals surface area contributed by atoms with E-state index in [9.17, 15) is 5.11 Å². The normalized spacial score (nSPS) is 11.5. The van der Waals surface area contributed by atoms with Crippen LogP contribution in [0.1, 0.15) is 11.6 Å². The van der Waals surface area contributed by atoms with Crippen LogP contribution in [-0.2, 0) is 0 Å². The number of phenols is 1. The molecule has 1 aromatic carbocycles. The molecule has 1 rings (SSSR count). The molecule has 0 radical (unpaired) electrons. The van der Waals surface area contributed by atoms with Gasteiger partial charge in [0.05, 0.1) is 32.4 Å². The summed E-state index contributed by atoms with van der Waals surface area (Å²) in [4.78, 5) is 0. The van der Waals surface area contributed by atoms with Crippen LogP contribution in [0.2, 0.25) is 0 Å². The van der Waals surface area contributed by atoms with Crippen LogP contribution >= 0.6 is 12.4 Å². The van der Waals surface area contributed by atoms with Gasteiger partial charge in [-0.05, 0) is 0 Å². The summed E-state index contributed by atoms with van der Waals surface area (Å²) in [5.74, 6) is 0.819. The van der Waals surface area contributed by atoms with Gasteiger partial charge in [0.1, 0.15) is 17.2 Å². The molecule has 0 aliphatic carbocycles. The highest BCUT2D eigenvalue weighted by Gasteiger charge is 2.18. The number of hydrogen-bond acceptors (Lipinski definition) is 5. The molecule has 4 N–H and O–H groups in total. The van der Waals surface area contributed by atoms with Gasteiger partial charge in [-0.15, -0.1) is 12.4 Å². The van der Waals surface area contributed by atoms with Gasteiger partial charge in [-0.25, -0.2) is 0 Å². The quantitative estimate of drug-likeness (QED) is 0.736. The molecule has 16 heavy (non-hydrogen) atoms. The summed E-state index contributed by atoms with van der Waals surface area (Å²) in [5, 5.41) is 18.4. The lowest BCUT2D eigenvalue weighted by atomic mass is 10.1. The second kappa shape index (κ2) is 6.42. The van der Waals surface area contributed by atoms with Crippen LogP contribution in [0.4, 0.5) is 0 Å². The van der Waals surface area contributed by atoms with Crippen molar-refractivity contribution in [3.63, 3.8) is 0 Å². The van der Waals surface area contributed by atoms with Gasteiger partial charge in [0.2, 0.25) is 0 Å². The van der Waals surface area contributed by atoms with Gasteiger partial charge in [0.15, 0.2) is 0 Å². The van der Waals surface area contributed by atoms with Gasteiger partial charge >= 0.3 is 0 Å². The van der Waals surface area contributed by atoms with Crippen LogP contribution < -0.4 is 15.2 Å². The van der Waals surface area contributed by atoms with Gasteiger partial charge in [-0.1, -0.05) is 0 Å². The van der Waals surface area contributed by atoms with E-state index in [-0.39, 0.29) is 24.8 Å². The Morgan fingerprint density at radius 1 is 1.25 bits per heavy atom. The van der Waals surface area contributed by atoms with Crippen LogP contribution in [-0.4, -0.2) is 31.0 Å². The zero-order valence-electron chi connectivity index (χ0n) is 9.14. The number of nitrogens with two attached hydrogens (primary N) is 1. The van der Waals surface area contributed by atoms with Crippen LogP contribution in [0.5, 0.6) is 17.2 Å². The fraction of sp³-hybridized carbons (Fsp3) is 0.400. The topological polar surface area (TPSA) is 84.9 Å². The molecule has 0 saturated carbocycles. The van der Waals surface area contributed by atoms with Crippen molar-refractivity contribution in [3.05, 3.63) is 17.7 Å². The first kappa shape index (κ1) is 14.8. The number of halogens is 1. The minimum Gasteiger partial charge on any atom is -0.508 e. The summed E-state index contributed by atoms with van der Waals surface area (Å²) in [6.07, 6.45) is 0. The number of aliphatic hydroxyl groups excluding tert-OH is 1. The second-order valence-corrected chi connectivity index (χ2v) is 3.05. The Bertz CT molecular complexity index is 321. The summed E-state index contributed by atoms with van der Waals surface area (Å²) < 4.78 is 10.1. The molecule has 1 aromatic rings. The van der Waals surface area contributed by atoms with E-state index in [1.54, 1.807) is 0 Å². The lowest BCUT2D eigenvalue weighted by molar-refractivity contribution is 0.260. The third-order valence-electron chi connectivity index (χ3n) is 2.10. The first-order valence-corrected chi connectivity index (χ1v) is 4.45. The highest BCUT2D eigenvalue weighted by molar-refractivity contribution is 5.85. The van der Waals surface area contributed by atoms with Crippen molar-refractivity contribution in [2.75, 3.05) is 20.8 Å². The molecule has 0 saturated heterocycles. The van der Waals surface area contributed by atoms with E-state index in [4.69, 9.17) is 20.3 Å². The summed E-state index contributed by atoms with van der Waals surface area (Å²) in [6, 6.07) is 2.25. The first-order valence-electron chi connectivity index (χ1n) is 4.45. The van der Waals surface area contributed by atoms with E-state index in [1.807, 2.05) is 0 Å². The number of aromatic hydroxyl groups is 1. The van der Waals surface area contributed by atoms with E-state index in [0.717, 1.165) is 0 Å². The van der Waals surface area contributed by atoms with Gasteiger partial charge in [-0.2, -0.15) is 0 Å². The molecule has 0 aromatic heterocycles. The summed E-state index contributed by atoms with van der Waals surface area (Å²) >= 11 is 0. The van der Waals surface area contributed by atoms with E-state index in [1.165, 1.54) is 26.4 Å². The van der Waals surface area contributed by atoms with E-state index in [0.29, 0.717) is 17.1 Å². The Morgan fingerprint density at radius 2 is 1.69 bits per heavy atom. The highest BCUT2D eigenvalue weighted by atomic mass is 35.5. The SMILES string of the molecule is COc1cc(O)cc(OC)c1[C@H](N)CO.Cl. The number of aliphatic hydroxyl groups is 1. The van der Waals surface area contributed by atoms with Crippen LogP contribution in [0, 0.1) is 0 Å². The number of phenolic OH excluding ortho intramolecular Hbond substituents is 1. The van der Waals surface area contributed by atoms with Gasteiger partial charge < -0.3 is 25.4 Å². The van der Waals surface area contributed by atoms with Crippen molar-refractivity contribution < 1.29 is 19.7 Å². The summed E-state index contributed by atoms with van der Waals surface area (Å²) in [6.45, 7) is -0.225. The van der Waals surface area contributed by atoms with Crippen molar-refractivity contribution in [3.8, 4) is 17.2 Å². The Labute approximate surface area is 100 Å². The molecule has 0 amide bonds. The third kappa shape index (κ3) is 2.91. The second-order valence-electron chi connectivity index (χ2n) is 3.05. The Balaban J connectivity index is 0.00000225. The fourth-order valence-electron chi connectivity index (χ4n) is 1.38. The van der Waals surface area contributed by atoms with Gasteiger partial charge in [0, 0.05) is 12.1 Å². The van der Waals surface area contributed by atoms with Crippen molar-refractivity contribution in [2.24, 2.45) is 5.73 Å². The molecule has 92 valence electrons. The number of benzene rings is 1. The molecule has 0 bridgehead atoms. The first-order chi connectivity index (χ1) is 7.13. The molecule has 0 fully saturated rings. The van der Waals surface area contributed by atoms with Gasteiger partial charge in [-0.3, -0.25) is 0 Å². The van der Waals surface area contributed by atoms with E-state index < -0.39 is 6.04 Å². The number of rotatable bonds is 4. The molecular formula is C10H16ClNO4. The average Bonchev–Trinajstić information content (AvgIpc) is 2.26. The Kier molecular flexibility index (Phi) is 5.95. The molecule has 5 nitrogen and oxygen atoms in total. The molecule has 0 heterocycles. The molecule has 0 aliphatic rings. The van der Waals surface area contributed by atoms with E-state index in [2.05, 4.69) is 0 Å². The van der Waals surface area contributed by atoms with Crippen molar-refractivity contribution in [2.45, 2.75) is 6.04 Å². The standard InChI is InChI=1S/C10H15NO4.ClH/c1-14-8-3-6(13)4-9(15-2)10(8)7(11)5-12;/h3-4,7,12-13H,5,11H2,1-2H3;1H/t7-;/m1./s1. The smallest absolute Gasteiger partial charge is 0.131 e. The maximum atomic E-state index is 9.37. The maximum absolute atomic E-state index is 9.37.